The summed E-state index contributed by atoms with van der Waals surface area (Å²) in [5.74, 6) is 0. The number of hydrogen-bond acceptors (Lipinski definition) is 4. The summed E-state index contributed by atoms with van der Waals surface area (Å²) in [4.78, 5) is 9.95. The minimum atomic E-state index is -4.67. The molecule has 5 nitrogen and oxygen atoms in total. The van der Waals surface area contributed by atoms with Gasteiger partial charge in [-0.15, -0.1) is 0 Å². The number of nitro groups is 1. The number of nitrogens with two attached hydrogens (primary N) is 1. The molecule has 0 atom stereocenters. The number of alkyl halides is 3. The molecule has 0 aliphatic rings. The third kappa shape index (κ3) is 3.73. The maximum atomic E-state index is 12.6. The van der Waals surface area contributed by atoms with Gasteiger partial charge in [-0.1, -0.05) is 13.3 Å². The van der Waals surface area contributed by atoms with Crippen LogP contribution >= 0.6 is 0 Å². The Kier molecular flexibility index (Phi) is 4.57. The zero-order chi connectivity index (χ0) is 14.6. The molecular weight excluding hydrogens is 263 g/mol. The molecule has 0 saturated carbocycles. The van der Waals surface area contributed by atoms with Crippen LogP contribution in [0, 0.1) is 10.1 Å². The number of nitrogens with zero attached hydrogens (tertiary/aromatic N) is 1. The van der Waals surface area contributed by atoms with Gasteiger partial charge in [0, 0.05) is 12.6 Å². The van der Waals surface area contributed by atoms with Gasteiger partial charge in [0.15, 0.2) is 0 Å². The normalized spacial score (nSPS) is 11.4. The summed E-state index contributed by atoms with van der Waals surface area (Å²) in [7, 11) is 0. The number of rotatable bonds is 5. The highest BCUT2D eigenvalue weighted by molar-refractivity contribution is 5.78. The summed E-state index contributed by atoms with van der Waals surface area (Å²) in [6.45, 7) is 2.33. The van der Waals surface area contributed by atoms with E-state index in [0.717, 1.165) is 12.8 Å². The number of nitrogens with one attached hydrogen (secondary N) is 1. The lowest BCUT2D eigenvalue weighted by molar-refractivity contribution is -0.384. The Hall–Kier alpha value is -1.99. The van der Waals surface area contributed by atoms with E-state index < -0.39 is 22.4 Å². The van der Waals surface area contributed by atoms with E-state index in [1.807, 2.05) is 6.92 Å². The van der Waals surface area contributed by atoms with Gasteiger partial charge in [-0.05, 0) is 12.5 Å². The van der Waals surface area contributed by atoms with Gasteiger partial charge < -0.3 is 11.1 Å². The summed E-state index contributed by atoms with van der Waals surface area (Å²) in [5, 5.41) is 13.5. The van der Waals surface area contributed by atoms with Crippen LogP contribution in [0.3, 0.4) is 0 Å². The molecule has 3 N–H and O–H groups in total. The summed E-state index contributed by atoms with van der Waals surface area (Å²) < 4.78 is 37.7. The number of anilines is 2. The van der Waals surface area contributed by atoms with Gasteiger partial charge in [0.05, 0.1) is 16.2 Å². The molecule has 0 fully saturated rings. The van der Waals surface area contributed by atoms with E-state index in [9.17, 15) is 23.3 Å². The number of unbranched alkanes of at least 4 members (excludes halogenated alkanes) is 1. The van der Waals surface area contributed by atoms with Crippen molar-refractivity contribution in [1.29, 1.82) is 0 Å². The van der Waals surface area contributed by atoms with E-state index in [1.54, 1.807) is 0 Å². The van der Waals surface area contributed by atoms with E-state index in [1.165, 1.54) is 0 Å². The van der Waals surface area contributed by atoms with Gasteiger partial charge in [0.2, 0.25) is 0 Å². The predicted octanol–water partition coefficient (Wildman–Crippen LogP) is 3.41. The van der Waals surface area contributed by atoms with Crippen LogP contribution in [0.4, 0.5) is 30.2 Å². The van der Waals surface area contributed by atoms with Crippen LogP contribution in [0.5, 0.6) is 0 Å². The molecule has 0 unspecified atom stereocenters. The minimum Gasteiger partial charge on any atom is -0.397 e. The first-order valence-electron chi connectivity index (χ1n) is 5.66. The summed E-state index contributed by atoms with van der Waals surface area (Å²) >= 11 is 0. The smallest absolute Gasteiger partial charge is 0.397 e. The van der Waals surface area contributed by atoms with Gasteiger partial charge in [-0.3, -0.25) is 10.1 Å². The number of nitrogen functional groups attached to an aromatic ring is 1. The second-order valence-corrected chi connectivity index (χ2v) is 3.99. The largest absolute Gasteiger partial charge is 0.416 e. The highest BCUT2D eigenvalue weighted by Gasteiger charge is 2.34. The Morgan fingerprint density at radius 1 is 1.42 bits per heavy atom. The summed E-state index contributed by atoms with van der Waals surface area (Å²) in [5.41, 5.74) is 3.34. The quantitative estimate of drug-likeness (QED) is 0.374. The maximum Gasteiger partial charge on any atom is 0.416 e. The van der Waals surface area contributed by atoms with Crippen molar-refractivity contribution in [2.75, 3.05) is 17.6 Å². The monoisotopic (exact) mass is 277 g/mol. The van der Waals surface area contributed by atoms with E-state index in [0.29, 0.717) is 18.7 Å². The van der Waals surface area contributed by atoms with Crippen LogP contribution in [0.1, 0.15) is 25.3 Å². The van der Waals surface area contributed by atoms with Crippen molar-refractivity contribution in [2.24, 2.45) is 0 Å². The summed E-state index contributed by atoms with van der Waals surface area (Å²) in [6.07, 6.45) is -3.08. The van der Waals surface area contributed by atoms with Crippen molar-refractivity contribution in [1.82, 2.24) is 0 Å². The molecule has 0 heterocycles. The minimum absolute atomic E-state index is 0.0635. The third-order valence-corrected chi connectivity index (χ3v) is 2.50. The first kappa shape index (κ1) is 15.1. The molecular formula is C11H14F3N3O2. The first-order valence-corrected chi connectivity index (χ1v) is 5.66. The molecule has 1 aromatic carbocycles. The number of hydrogen-bond donors (Lipinski definition) is 2. The standard InChI is InChI=1S/C11H14F3N3O2/c1-2-3-4-16-10-8(15)5-7(11(12,13)14)6-9(10)17(18)19/h5-6,16H,2-4,15H2,1H3. The highest BCUT2D eigenvalue weighted by Crippen LogP contribution is 2.38. The van der Waals surface area contributed by atoms with Crippen LogP contribution in [0.25, 0.3) is 0 Å². The number of nitro benzene ring substituents is 1. The Labute approximate surface area is 107 Å². The topological polar surface area (TPSA) is 81.2 Å². The molecule has 1 aromatic rings. The molecule has 8 heteroatoms. The average Bonchev–Trinajstić information content (AvgIpc) is 2.29. The Morgan fingerprint density at radius 3 is 2.53 bits per heavy atom. The second kappa shape index (κ2) is 5.77. The SMILES string of the molecule is CCCCNc1c(N)cc(C(F)(F)F)cc1[N+](=O)[O-]. The molecule has 1 rings (SSSR count). The van der Waals surface area contributed by atoms with Gasteiger partial charge in [-0.2, -0.15) is 13.2 Å². The Bertz CT molecular complexity index is 475. The third-order valence-electron chi connectivity index (χ3n) is 2.50. The van der Waals surface area contributed by atoms with Gasteiger partial charge in [-0.25, -0.2) is 0 Å². The van der Waals surface area contributed by atoms with E-state index in [-0.39, 0.29) is 11.4 Å². The van der Waals surface area contributed by atoms with Gasteiger partial charge >= 0.3 is 6.18 Å². The zero-order valence-corrected chi connectivity index (χ0v) is 10.3. The molecule has 19 heavy (non-hydrogen) atoms. The van der Waals surface area contributed by atoms with E-state index in [2.05, 4.69) is 5.32 Å². The predicted molar refractivity (Wildman–Crippen MR) is 65.9 cm³/mol. The number of halogens is 3. The Morgan fingerprint density at radius 2 is 2.05 bits per heavy atom. The first-order chi connectivity index (χ1) is 8.77. The van der Waals surface area contributed by atoms with Crippen LogP contribution in [-0.2, 0) is 6.18 Å². The fourth-order valence-corrected chi connectivity index (χ4v) is 1.54. The molecule has 0 aliphatic heterocycles. The highest BCUT2D eigenvalue weighted by atomic mass is 19.4. The lowest BCUT2D eigenvalue weighted by Crippen LogP contribution is -2.11. The maximum absolute atomic E-state index is 12.6. The fraction of sp³-hybridized carbons (Fsp3) is 0.455. The second-order valence-electron chi connectivity index (χ2n) is 3.99. The molecule has 0 aliphatic carbocycles. The van der Waals surface area contributed by atoms with Crippen LogP contribution in [0.15, 0.2) is 12.1 Å². The molecule has 0 saturated heterocycles. The average molecular weight is 277 g/mol. The molecule has 0 amide bonds. The molecule has 0 aromatic heterocycles. The van der Waals surface area contributed by atoms with Crippen LogP contribution in [-0.4, -0.2) is 11.5 Å². The van der Waals surface area contributed by atoms with Gasteiger partial charge in [0.1, 0.15) is 5.69 Å². The molecule has 0 bridgehead atoms. The van der Waals surface area contributed by atoms with Crippen LogP contribution < -0.4 is 11.1 Å². The summed E-state index contributed by atoms with van der Waals surface area (Å²) in [6, 6.07) is 1.19. The molecule has 0 spiro atoms. The molecule has 106 valence electrons. The van der Waals surface area contributed by atoms with Crippen molar-refractivity contribution < 1.29 is 18.1 Å². The van der Waals surface area contributed by atoms with E-state index in [4.69, 9.17) is 5.73 Å². The lowest BCUT2D eigenvalue weighted by atomic mass is 10.1. The zero-order valence-electron chi connectivity index (χ0n) is 10.3. The number of benzene rings is 1. The van der Waals surface area contributed by atoms with Crippen molar-refractivity contribution in [3.05, 3.63) is 27.8 Å². The van der Waals surface area contributed by atoms with E-state index >= 15 is 0 Å². The lowest BCUT2D eigenvalue weighted by Gasteiger charge is -2.13. The Balaban J connectivity index is 3.20. The molecule has 0 radical (unpaired) electrons. The van der Waals surface area contributed by atoms with Crippen molar-refractivity contribution in [3.63, 3.8) is 0 Å². The van der Waals surface area contributed by atoms with Crippen LogP contribution in [0.2, 0.25) is 0 Å². The van der Waals surface area contributed by atoms with Crippen molar-refractivity contribution in [2.45, 2.75) is 25.9 Å². The fourth-order valence-electron chi connectivity index (χ4n) is 1.54. The van der Waals surface area contributed by atoms with Gasteiger partial charge in [0.25, 0.3) is 5.69 Å². The van der Waals surface area contributed by atoms with Crippen molar-refractivity contribution >= 4 is 17.1 Å². The van der Waals surface area contributed by atoms with Crippen molar-refractivity contribution in [3.8, 4) is 0 Å².